The average Bonchev–Trinajstić information content (AvgIpc) is 2.73. The third kappa shape index (κ3) is 3.04. The molecule has 102 valence electrons. The van der Waals surface area contributed by atoms with Crippen molar-refractivity contribution < 1.29 is 8.78 Å². The number of hydrogen-bond donors (Lipinski definition) is 0. The van der Waals surface area contributed by atoms with Crippen molar-refractivity contribution in [3.8, 4) is 0 Å². The molecule has 0 spiro atoms. The fourth-order valence-corrected chi connectivity index (χ4v) is 2.12. The van der Waals surface area contributed by atoms with Crippen molar-refractivity contribution in [2.45, 2.75) is 12.4 Å². The van der Waals surface area contributed by atoms with E-state index in [1.54, 1.807) is 31.2 Å². The molecular formula is C13H14ClF2N3. The predicted octanol–water partition coefficient (Wildman–Crippen LogP) is 3.07. The number of aromatic nitrogens is 2. The Labute approximate surface area is 115 Å². The maximum absolute atomic E-state index is 13.9. The van der Waals surface area contributed by atoms with E-state index in [4.69, 9.17) is 11.6 Å². The van der Waals surface area contributed by atoms with Crippen LogP contribution in [0.3, 0.4) is 0 Å². The highest BCUT2D eigenvalue weighted by Crippen LogP contribution is 2.25. The Balaban J connectivity index is 2.26. The summed E-state index contributed by atoms with van der Waals surface area (Å²) in [4.78, 5) is 1.51. The van der Waals surface area contributed by atoms with E-state index in [-0.39, 0.29) is 11.6 Å². The van der Waals surface area contributed by atoms with Crippen LogP contribution in [0.5, 0.6) is 0 Å². The van der Waals surface area contributed by atoms with Gasteiger partial charge in [0.15, 0.2) is 0 Å². The number of nitrogens with zero attached hydrogens (tertiary/aromatic N) is 3. The molecule has 6 heteroatoms. The van der Waals surface area contributed by atoms with Crippen LogP contribution in [0.25, 0.3) is 0 Å². The van der Waals surface area contributed by atoms with E-state index in [0.29, 0.717) is 12.1 Å². The Bertz CT molecular complexity index is 560. The molecule has 0 amide bonds. The van der Waals surface area contributed by atoms with Crippen molar-refractivity contribution in [1.82, 2.24) is 9.78 Å². The summed E-state index contributed by atoms with van der Waals surface area (Å²) in [6.07, 6.45) is 3.47. The van der Waals surface area contributed by atoms with Crippen LogP contribution in [0.2, 0.25) is 0 Å². The molecule has 0 saturated carbocycles. The van der Waals surface area contributed by atoms with Gasteiger partial charge < -0.3 is 4.90 Å². The molecule has 2 aromatic rings. The lowest BCUT2D eigenvalue weighted by atomic mass is 10.2. The van der Waals surface area contributed by atoms with E-state index in [0.717, 1.165) is 5.56 Å². The maximum Gasteiger partial charge on any atom is 0.149 e. The highest BCUT2D eigenvalue weighted by atomic mass is 35.5. The van der Waals surface area contributed by atoms with Gasteiger partial charge in [0, 0.05) is 38.3 Å². The van der Waals surface area contributed by atoms with Crippen molar-refractivity contribution in [3.63, 3.8) is 0 Å². The fraction of sp³-hybridized carbons (Fsp3) is 0.308. The number of benzene rings is 1. The van der Waals surface area contributed by atoms with Crippen molar-refractivity contribution in [2.24, 2.45) is 7.05 Å². The molecule has 0 fully saturated rings. The molecule has 0 aliphatic carbocycles. The third-order valence-electron chi connectivity index (χ3n) is 2.79. The first-order chi connectivity index (χ1) is 9.01. The average molecular weight is 286 g/mol. The first kappa shape index (κ1) is 13.8. The second kappa shape index (κ2) is 5.57. The van der Waals surface area contributed by atoms with Gasteiger partial charge >= 0.3 is 0 Å². The number of halogens is 3. The summed E-state index contributed by atoms with van der Waals surface area (Å²) in [5, 5.41) is 4.02. The molecule has 0 saturated heterocycles. The van der Waals surface area contributed by atoms with Gasteiger partial charge in [-0.3, -0.25) is 4.68 Å². The predicted molar refractivity (Wildman–Crippen MR) is 71.2 cm³/mol. The van der Waals surface area contributed by atoms with E-state index in [1.807, 2.05) is 0 Å². The van der Waals surface area contributed by atoms with Crippen molar-refractivity contribution in [3.05, 3.63) is 47.3 Å². The third-order valence-corrected chi connectivity index (χ3v) is 3.10. The standard InChI is InChI=1S/C13H14ClF2N3/c1-18(7-10-6-17-19(2)8-10)13-11(15)3-9(5-14)4-12(13)16/h3-4,6,8H,5,7H2,1-2H3. The zero-order valence-corrected chi connectivity index (χ0v) is 11.5. The molecule has 19 heavy (non-hydrogen) atoms. The van der Waals surface area contributed by atoms with Crippen LogP contribution in [-0.4, -0.2) is 16.8 Å². The zero-order valence-electron chi connectivity index (χ0n) is 10.7. The van der Waals surface area contributed by atoms with Gasteiger partial charge in [-0.2, -0.15) is 5.10 Å². The van der Waals surface area contributed by atoms with E-state index in [9.17, 15) is 8.78 Å². The molecule has 0 bridgehead atoms. The fourth-order valence-electron chi connectivity index (χ4n) is 1.97. The van der Waals surface area contributed by atoms with E-state index in [1.165, 1.54) is 17.0 Å². The van der Waals surface area contributed by atoms with Gasteiger partial charge in [-0.15, -0.1) is 11.6 Å². The van der Waals surface area contributed by atoms with Gasteiger partial charge in [0.05, 0.1) is 6.20 Å². The van der Waals surface area contributed by atoms with Crippen LogP contribution >= 0.6 is 11.6 Å². The van der Waals surface area contributed by atoms with Crippen LogP contribution in [0.4, 0.5) is 14.5 Å². The number of rotatable bonds is 4. The van der Waals surface area contributed by atoms with Gasteiger partial charge in [0.1, 0.15) is 17.3 Å². The normalized spacial score (nSPS) is 10.8. The summed E-state index contributed by atoms with van der Waals surface area (Å²) in [5.41, 5.74) is 1.25. The minimum absolute atomic E-state index is 0.0577. The van der Waals surface area contributed by atoms with Gasteiger partial charge in [0.25, 0.3) is 0 Å². The van der Waals surface area contributed by atoms with Gasteiger partial charge in [-0.25, -0.2) is 8.78 Å². The first-order valence-electron chi connectivity index (χ1n) is 5.74. The minimum atomic E-state index is -0.609. The second-order valence-electron chi connectivity index (χ2n) is 4.42. The Hall–Kier alpha value is -1.62. The molecule has 0 atom stereocenters. The number of hydrogen-bond acceptors (Lipinski definition) is 2. The summed E-state index contributed by atoms with van der Waals surface area (Å²) < 4.78 is 29.4. The number of anilines is 1. The summed E-state index contributed by atoms with van der Waals surface area (Å²) >= 11 is 5.58. The zero-order chi connectivity index (χ0) is 14.0. The molecule has 0 N–H and O–H groups in total. The molecular weight excluding hydrogens is 272 g/mol. The van der Waals surface area contributed by atoms with E-state index >= 15 is 0 Å². The largest absolute Gasteiger partial charge is 0.365 e. The molecule has 0 aliphatic rings. The number of alkyl halides is 1. The van der Waals surface area contributed by atoms with Crippen molar-refractivity contribution in [1.29, 1.82) is 0 Å². The van der Waals surface area contributed by atoms with Crippen LogP contribution in [0.15, 0.2) is 24.5 Å². The summed E-state index contributed by atoms with van der Waals surface area (Å²) in [5.74, 6) is -1.13. The van der Waals surface area contributed by atoms with E-state index < -0.39 is 11.6 Å². The Morgan fingerprint density at radius 3 is 2.37 bits per heavy atom. The van der Waals surface area contributed by atoms with Gasteiger partial charge in [-0.1, -0.05) is 0 Å². The van der Waals surface area contributed by atoms with Crippen molar-refractivity contribution in [2.75, 3.05) is 11.9 Å². The van der Waals surface area contributed by atoms with E-state index in [2.05, 4.69) is 5.10 Å². The first-order valence-corrected chi connectivity index (χ1v) is 6.27. The highest BCUT2D eigenvalue weighted by molar-refractivity contribution is 6.17. The maximum atomic E-state index is 13.9. The molecule has 1 heterocycles. The highest BCUT2D eigenvalue weighted by Gasteiger charge is 2.15. The monoisotopic (exact) mass is 285 g/mol. The molecule has 0 aliphatic heterocycles. The molecule has 0 radical (unpaired) electrons. The second-order valence-corrected chi connectivity index (χ2v) is 4.69. The van der Waals surface area contributed by atoms with Crippen molar-refractivity contribution >= 4 is 17.3 Å². The van der Waals surface area contributed by atoms with Crippen LogP contribution < -0.4 is 4.90 Å². The smallest absolute Gasteiger partial charge is 0.149 e. The molecule has 0 unspecified atom stereocenters. The van der Waals surface area contributed by atoms with Gasteiger partial charge in [0.2, 0.25) is 0 Å². The Morgan fingerprint density at radius 2 is 1.89 bits per heavy atom. The molecule has 1 aromatic heterocycles. The Kier molecular flexibility index (Phi) is 4.04. The quantitative estimate of drug-likeness (QED) is 0.805. The number of aryl methyl sites for hydroxylation is 1. The van der Waals surface area contributed by atoms with Crippen LogP contribution in [0, 0.1) is 11.6 Å². The SMILES string of the molecule is CN(Cc1cnn(C)c1)c1c(F)cc(CCl)cc1F. The van der Waals surface area contributed by atoms with Crippen LogP contribution in [-0.2, 0) is 19.5 Å². The summed E-state index contributed by atoms with van der Waals surface area (Å²) in [6, 6.07) is 2.51. The minimum Gasteiger partial charge on any atom is -0.365 e. The lowest BCUT2D eigenvalue weighted by molar-refractivity contribution is 0.574. The molecule has 3 nitrogen and oxygen atoms in total. The lowest BCUT2D eigenvalue weighted by Gasteiger charge is -2.20. The summed E-state index contributed by atoms with van der Waals surface area (Å²) in [6.45, 7) is 0.377. The molecule has 1 aromatic carbocycles. The molecule has 2 rings (SSSR count). The summed E-state index contributed by atoms with van der Waals surface area (Å²) in [7, 11) is 3.43. The topological polar surface area (TPSA) is 21.1 Å². The lowest BCUT2D eigenvalue weighted by Crippen LogP contribution is -2.19. The van der Waals surface area contributed by atoms with Crippen LogP contribution in [0.1, 0.15) is 11.1 Å². The Morgan fingerprint density at radius 1 is 1.26 bits per heavy atom. The van der Waals surface area contributed by atoms with Gasteiger partial charge in [-0.05, 0) is 17.7 Å².